The molecule has 160 valence electrons. The molecule has 2 aromatic carbocycles. The molecule has 0 N–H and O–H groups in total. The summed E-state index contributed by atoms with van der Waals surface area (Å²) in [6, 6.07) is 21.7. The summed E-state index contributed by atoms with van der Waals surface area (Å²) in [7, 11) is -0.879. The van der Waals surface area contributed by atoms with Crippen LogP contribution in [0, 0.1) is 23.2 Å². The monoisotopic (exact) mass is 420 g/mol. The number of hydrogen-bond donors (Lipinski definition) is 0. The Hall–Kier alpha value is -1.43. The molecule has 0 heterocycles. The lowest BCUT2D eigenvalue weighted by Crippen LogP contribution is -2.50. The lowest BCUT2D eigenvalue weighted by Gasteiger charge is -2.52. The third kappa shape index (κ3) is 3.80. The zero-order valence-corrected chi connectivity index (χ0v) is 19.8. The standard InChI is InChI=1S/C28H37OP/c1-5-22(3)25-18-19-26-27(25,4)20-13-21-28(26,6-2)29-30(23-14-9-7-10-15-23)24-16-11-8-12-17-24/h6-12,14-17,22,25-26H,2,5,13,18-21H2,1,3-4H3/t22-,25+,26+,27+,28-/m0/s1. The molecule has 2 aliphatic rings. The van der Waals surface area contributed by atoms with Gasteiger partial charge < -0.3 is 4.52 Å². The van der Waals surface area contributed by atoms with Crippen molar-refractivity contribution in [1.82, 2.24) is 0 Å². The van der Waals surface area contributed by atoms with E-state index in [0.29, 0.717) is 11.3 Å². The molecule has 4 rings (SSSR count). The second-order valence-electron chi connectivity index (χ2n) is 9.70. The lowest BCUT2D eigenvalue weighted by molar-refractivity contribution is -0.0547. The molecule has 2 heteroatoms. The van der Waals surface area contributed by atoms with Crippen molar-refractivity contribution < 1.29 is 4.52 Å². The Labute approximate surface area is 184 Å². The van der Waals surface area contributed by atoms with Gasteiger partial charge in [-0.05, 0) is 55.3 Å². The number of hydrogen-bond acceptors (Lipinski definition) is 1. The van der Waals surface area contributed by atoms with Crippen molar-refractivity contribution in [3.8, 4) is 0 Å². The Balaban J connectivity index is 1.72. The van der Waals surface area contributed by atoms with E-state index in [9.17, 15) is 0 Å². The number of fused-ring (bicyclic) bond motifs is 1. The van der Waals surface area contributed by atoms with Crippen molar-refractivity contribution in [2.45, 2.75) is 64.9 Å². The summed E-state index contributed by atoms with van der Waals surface area (Å²) >= 11 is 0. The molecule has 30 heavy (non-hydrogen) atoms. The van der Waals surface area contributed by atoms with Gasteiger partial charge in [0.25, 0.3) is 0 Å². The van der Waals surface area contributed by atoms with Gasteiger partial charge in [0.2, 0.25) is 0 Å². The molecular weight excluding hydrogens is 383 g/mol. The molecule has 2 aromatic rings. The average Bonchev–Trinajstić information content (AvgIpc) is 3.16. The van der Waals surface area contributed by atoms with Gasteiger partial charge in [0.05, 0.1) is 13.7 Å². The molecule has 0 spiro atoms. The zero-order valence-electron chi connectivity index (χ0n) is 18.9. The lowest BCUT2D eigenvalue weighted by atomic mass is 9.57. The smallest absolute Gasteiger partial charge is 0.0944 e. The Morgan fingerprint density at radius 2 is 1.63 bits per heavy atom. The second kappa shape index (κ2) is 8.97. The highest BCUT2D eigenvalue weighted by atomic mass is 31.1. The molecule has 5 atom stereocenters. The second-order valence-corrected chi connectivity index (χ2v) is 11.5. The van der Waals surface area contributed by atoms with Crippen molar-refractivity contribution in [3.05, 3.63) is 73.3 Å². The Bertz CT molecular complexity index is 795. The Morgan fingerprint density at radius 1 is 1.03 bits per heavy atom. The largest absolute Gasteiger partial charge is 0.339 e. The van der Waals surface area contributed by atoms with Crippen molar-refractivity contribution in [1.29, 1.82) is 0 Å². The maximum Gasteiger partial charge on any atom is 0.0944 e. The van der Waals surface area contributed by atoms with Crippen molar-refractivity contribution >= 4 is 18.8 Å². The van der Waals surface area contributed by atoms with Gasteiger partial charge in [0.15, 0.2) is 0 Å². The van der Waals surface area contributed by atoms with E-state index in [-0.39, 0.29) is 5.60 Å². The fourth-order valence-corrected chi connectivity index (χ4v) is 8.53. The normalized spacial score (nSPS) is 32.0. The van der Waals surface area contributed by atoms with E-state index in [0.717, 1.165) is 18.3 Å². The van der Waals surface area contributed by atoms with Crippen LogP contribution in [0.4, 0.5) is 0 Å². The van der Waals surface area contributed by atoms with Crippen LogP contribution in [0.15, 0.2) is 73.3 Å². The highest BCUT2D eigenvalue weighted by molar-refractivity contribution is 7.68. The maximum atomic E-state index is 7.29. The van der Waals surface area contributed by atoms with E-state index in [1.807, 2.05) is 0 Å². The van der Waals surface area contributed by atoms with E-state index >= 15 is 0 Å². The van der Waals surface area contributed by atoms with E-state index < -0.39 is 8.15 Å². The molecule has 0 aromatic heterocycles. The molecule has 1 nitrogen and oxygen atoms in total. The summed E-state index contributed by atoms with van der Waals surface area (Å²) in [6.45, 7) is 11.7. The van der Waals surface area contributed by atoms with Gasteiger partial charge in [-0.25, -0.2) is 0 Å². The fraction of sp³-hybridized carbons (Fsp3) is 0.500. The molecule has 0 unspecified atom stereocenters. The predicted octanol–water partition coefficient (Wildman–Crippen LogP) is 7.24. The van der Waals surface area contributed by atoms with Crippen molar-refractivity contribution in [2.75, 3.05) is 0 Å². The van der Waals surface area contributed by atoms with Gasteiger partial charge in [-0.2, -0.15) is 0 Å². The Morgan fingerprint density at radius 3 is 2.17 bits per heavy atom. The maximum absolute atomic E-state index is 7.29. The molecule has 0 saturated heterocycles. The summed E-state index contributed by atoms with van der Waals surface area (Å²) in [4.78, 5) is 0. The van der Waals surface area contributed by atoms with E-state index in [4.69, 9.17) is 4.52 Å². The fourth-order valence-electron chi connectivity index (χ4n) is 6.51. The topological polar surface area (TPSA) is 9.23 Å². The highest BCUT2D eigenvalue weighted by Gasteiger charge is 2.58. The molecule has 2 saturated carbocycles. The third-order valence-corrected chi connectivity index (χ3v) is 10.3. The van der Waals surface area contributed by atoms with Gasteiger partial charge >= 0.3 is 0 Å². The van der Waals surface area contributed by atoms with Crippen LogP contribution in [0.25, 0.3) is 0 Å². The third-order valence-electron chi connectivity index (χ3n) is 8.20. The summed E-state index contributed by atoms with van der Waals surface area (Å²) in [5.41, 5.74) is 0.128. The highest BCUT2D eigenvalue weighted by Crippen LogP contribution is 2.64. The average molecular weight is 421 g/mol. The molecule has 0 radical (unpaired) electrons. The Kier molecular flexibility index (Phi) is 6.52. The van der Waals surface area contributed by atoms with Crippen LogP contribution in [0.1, 0.15) is 59.3 Å². The van der Waals surface area contributed by atoms with Gasteiger partial charge in [-0.1, -0.05) is 93.9 Å². The van der Waals surface area contributed by atoms with Crippen LogP contribution in [0.2, 0.25) is 0 Å². The first-order valence-corrected chi connectivity index (χ1v) is 13.0. The van der Waals surface area contributed by atoms with Crippen LogP contribution >= 0.6 is 8.15 Å². The van der Waals surface area contributed by atoms with Crippen molar-refractivity contribution in [2.24, 2.45) is 23.2 Å². The molecule has 0 amide bonds. The van der Waals surface area contributed by atoms with Gasteiger partial charge in [0.1, 0.15) is 0 Å². The number of benzene rings is 2. The number of rotatable bonds is 7. The van der Waals surface area contributed by atoms with Gasteiger partial charge in [-0.15, -0.1) is 6.58 Å². The molecule has 0 aliphatic heterocycles. The minimum Gasteiger partial charge on any atom is -0.339 e. The first kappa shape index (κ1) is 21.8. The minimum absolute atomic E-state index is 0.230. The van der Waals surface area contributed by atoms with Crippen LogP contribution in [0.3, 0.4) is 0 Å². The first-order chi connectivity index (χ1) is 14.5. The van der Waals surface area contributed by atoms with E-state index in [1.54, 1.807) is 0 Å². The summed E-state index contributed by atoms with van der Waals surface area (Å²) in [6.07, 6.45) is 9.74. The van der Waals surface area contributed by atoms with Crippen LogP contribution < -0.4 is 10.6 Å². The van der Waals surface area contributed by atoms with E-state index in [1.165, 1.54) is 42.7 Å². The van der Waals surface area contributed by atoms with Gasteiger partial charge in [-0.3, -0.25) is 0 Å². The SMILES string of the molecule is C=C[C@]1(OP(c2ccccc2)c2ccccc2)CCC[C@]2(C)[C@@H]([C@@H](C)CC)CC[C@H]21. The summed E-state index contributed by atoms with van der Waals surface area (Å²) in [5, 5.41) is 2.59. The molecule has 2 aliphatic carbocycles. The van der Waals surface area contributed by atoms with Crippen LogP contribution in [0.5, 0.6) is 0 Å². The minimum atomic E-state index is -0.879. The van der Waals surface area contributed by atoms with Crippen LogP contribution in [-0.2, 0) is 4.52 Å². The van der Waals surface area contributed by atoms with Crippen molar-refractivity contribution in [3.63, 3.8) is 0 Å². The van der Waals surface area contributed by atoms with Crippen LogP contribution in [-0.4, -0.2) is 5.60 Å². The zero-order chi connectivity index (χ0) is 21.2. The van der Waals surface area contributed by atoms with Gasteiger partial charge in [0, 0.05) is 10.6 Å². The molecule has 0 bridgehead atoms. The van der Waals surface area contributed by atoms with E-state index in [2.05, 4.69) is 94.1 Å². The quantitative estimate of drug-likeness (QED) is 0.339. The summed E-state index contributed by atoms with van der Waals surface area (Å²) < 4.78 is 7.29. The predicted molar refractivity (Wildman–Crippen MR) is 131 cm³/mol. The molecule has 2 fully saturated rings. The first-order valence-electron chi connectivity index (χ1n) is 11.8. The summed E-state index contributed by atoms with van der Waals surface area (Å²) in [5.74, 6) is 2.15. The molecular formula is C28H37OP.